The molecule has 3 aromatic carbocycles. The first-order chi connectivity index (χ1) is 17.1. The number of thiocarbonyl (C=S) groups is 1. The average molecular weight is 497 g/mol. The van der Waals surface area contributed by atoms with E-state index in [1.54, 1.807) is 23.1 Å². The predicted octanol–water partition coefficient (Wildman–Crippen LogP) is 6.60. The number of carbonyl (C=O) groups excluding carboxylic acids is 2. The zero-order valence-corrected chi connectivity index (χ0v) is 20.1. The van der Waals surface area contributed by atoms with Gasteiger partial charge in [-0.1, -0.05) is 84.6 Å². The third-order valence-electron chi connectivity index (χ3n) is 5.42. The number of benzene rings is 3. The molecular formula is C28H20N2O3S2. The van der Waals surface area contributed by atoms with Gasteiger partial charge >= 0.3 is 0 Å². The number of rotatable bonds is 6. The number of hydrogen-bond acceptors (Lipinski definition) is 5. The first-order valence-electron chi connectivity index (χ1n) is 10.9. The lowest BCUT2D eigenvalue weighted by Gasteiger charge is -2.14. The van der Waals surface area contributed by atoms with Gasteiger partial charge in [-0.3, -0.25) is 14.5 Å². The van der Waals surface area contributed by atoms with Crippen molar-refractivity contribution in [1.82, 2.24) is 4.90 Å². The lowest BCUT2D eigenvalue weighted by molar-refractivity contribution is -0.122. The van der Waals surface area contributed by atoms with Gasteiger partial charge in [0, 0.05) is 22.9 Å². The summed E-state index contributed by atoms with van der Waals surface area (Å²) in [6, 6.07) is 29.9. The Labute approximate surface area is 212 Å². The number of furan rings is 1. The summed E-state index contributed by atoms with van der Waals surface area (Å²) < 4.78 is 6.49. The molecule has 0 atom stereocenters. The van der Waals surface area contributed by atoms with Gasteiger partial charge in [-0.2, -0.15) is 0 Å². The molecule has 1 N–H and O–H groups in total. The monoisotopic (exact) mass is 496 g/mol. The van der Waals surface area contributed by atoms with Crippen LogP contribution in [0.5, 0.6) is 0 Å². The van der Waals surface area contributed by atoms with Crippen molar-refractivity contribution >= 4 is 51.9 Å². The van der Waals surface area contributed by atoms with Crippen LogP contribution in [0.4, 0.5) is 5.69 Å². The molecule has 0 radical (unpaired) electrons. The molecule has 1 aromatic heterocycles. The van der Waals surface area contributed by atoms with Gasteiger partial charge in [0.1, 0.15) is 15.8 Å². The summed E-state index contributed by atoms with van der Waals surface area (Å²) in [6.07, 6.45) is 1.72. The van der Waals surface area contributed by atoms with Gasteiger partial charge in [0.05, 0.1) is 11.4 Å². The first kappa shape index (κ1) is 22.8. The van der Waals surface area contributed by atoms with Crippen LogP contribution >= 0.6 is 24.0 Å². The van der Waals surface area contributed by atoms with E-state index < -0.39 is 0 Å². The Morgan fingerprint density at radius 2 is 1.60 bits per heavy atom. The van der Waals surface area contributed by atoms with E-state index in [-0.39, 0.29) is 11.8 Å². The van der Waals surface area contributed by atoms with Crippen molar-refractivity contribution < 1.29 is 14.0 Å². The Bertz CT molecular complexity index is 1410. The molecule has 2 heterocycles. The van der Waals surface area contributed by atoms with Crippen molar-refractivity contribution in [2.75, 3.05) is 5.32 Å². The van der Waals surface area contributed by atoms with Gasteiger partial charge in [0.15, 0.2) is 0 Å². The zero-order chi connectivity index (χ0) is 24.2. The Hall–Kier alpha value is -3.94. The maximum absolute atomic E-state index is 12.9. The van der Waals surface area contributed by atoms with Crippen molar-refractivity contribution in [3.63, 3.8) is 0 Å². The fourth-order valence-electron chi connectivity index (χ4n) is 3.63. The first-order valence-corrected chi connectivity index (χ1v) is 12.2. The number of thioether (sulfide) groups is 1. The predicted molar refractivity (Wildman–Crippen MR) is 144 cm³/mol. The molecule has 35 heavy (non-hydrogen) atoms. The third kappa shape index (κ3) is 5.26. The standard InChI is InChI=1S/C28H20N2O3S2/c31-26(29-22-9-5-2-6-10-22)21-13-11-20(12-14-21)24-16-15-23(33-24)17-25-27(32)30(28(34)35-25)18-19-7-3-1-4-8-19/h1-17H,18H2,(H,29,31). The van der Waals surface area contributed by atoms with E-state index in [1.165, 1.54) is 11.8 Å². The summed E-state index contributed by atoms with van der Waals surface area (Å²) in [5.41, 5.74) is 3.14. The maximum Gasteiger partial charge on any atom is 0.266 e. The Morgan fingerprint density at radius 3 is 2.31 bits per heavy atom. The van der Waals surface area contributed by atoms with E-state index in [9.17, 15) is 9.59 Å². The molecule has 0 unspecified atom stereocenters. The van der Waals surface area contributed by atoms with Crippen LogP contribution < -0.4 is 5.32 Å². The number of carbonyl (C=O) groups is 2. The molecule has 1 saturated heterocycles. The van der Waals surface area contributed by atoms with Crippen LogP contribution in [0.25, 0.3) is 17.4 Å². The summed E-state index contributed by atoms with van der Waals surface area (Å²) in [5.74, 6) is 0.896. The topological polar surface area (TPSA) is 62.6 Å². The highest BCUT2D eigenvalue weighted by Gasteiger charge is 2.32. The Balaban J connectivity index is 1.27. The largest absolute Gasteiger partial charge is 0.457 e. The van der Waals surface area contributed by atoms with Crippen LogP contribution in [-0.2, 0) is 11.3 Å². The molecule has 4 aromatic rings. The van der Waals surface area contributed by atoms with Crippen LogP contribution in [-0.4, -0.2) is 21.0 Å². The van der Waals surface area contributed by atoms with Gasteiger partial charge in [0.25, 0.3) is 11.8 Å². The molecule has 2 amide bonds. The van der Waals surface area contributed by atoms with E-state index >= 15 is 0 Å². The number of para-hydroxylation sites is 1. The minimum atomic E-state index is -0.180. The van der Waals surface area contributed by atoms with Gasteiger partial charge in [-0.25, -0.2) is 0 Å². The highest BCUT2D eigenvalue weighted by atomic mass is 32.2. The average Bonchev–Trinajstić information content (AvgIpc) is 3.46. The molecule has 5 nitrogen and oxygen atoms in total. The number of amides is 2. The van der Waals surface area contributed by atoms with Crippen molar-refractivity contribution in [2.24, 2.45) is 0 Å². The number of nitrogens with zero attached hydrogens (tertiary/aromatic N) is 1. The number of anilines is 1. The normalized spacial score (nSPS) is 14.5. The summed E-state index contributed by atoms with van der Waals surface area (Å²) in [4.78, 5) is 27.5. The molecule has 0 spiro atoms. The Morgan fingerprint density at radius 1 is 0.914 bits per heavy atom. The molecule has 1 fully saturated rings. The summed E-state index contributed by atoms with van der Waals surface area (Å²) >= 11 is 6.70. The summed E-state index contributed by atoms with van der Waals surface area (Å²) in [5, 5.41) is 2.87. The van der Waals surface area contributed by atoms with Crippen LogP contribution in [0.2, 0.25) is 0 Å². The number of nitrogens with one attached hydrogen (secondary N) is 1. The molecule has 0 saturated carbocycles. The fraction of sp³-hybridized carbons (Fsp3) is 0.0357. The van der Waals surface area contributed by atoms with E-state index in [2.05, 4.69) is 5.32 Å². The second-order valence-corrected chi connectivity index (χ2v) is 9.53. The number of hydrogen-bond donors (Lipinski definition) is 1. The van der Waals surface area contributed by atoms with Crippen LogP contribution in [0.3, 0.4) is 0 Å². The van der Waals surface area contributed by atoms with Crippen molar-refractivity contribution in [3.05, 3.63) is 119 Å². The highest BCUT2D eigenvalue weighted by molar-refractivity contribution is 8.26. The van der Waals surface area contributed by atoms with E-state index in [0.29, 0.717) is 32.9 Å². The zero-order valence-electron chi connectivity index (χ0n) is 18.5. The molecule has 7 heteroatoms. The molecule has 5 rings (SSSR count). The molecule has 0 bridgehead atoms. The third-order valence-corrected chi connectivity index (χ3v) is 6.80. The molecular weight excluding hydrogens is 476 g/mol. The second-order valence-electron chi connectivity index (χ2n) is 7.85. The minimum absolute atomic E-state index is 0.129. The van der Waals surface area contributed by atoms with Crippen molar-refractivity contribution in [1.29, 1.82) is 0 Å². The Kier molecular flexibility index (Phi) is 6.61. The second kappa shape index (κ2) is 10.1. The van der Waals surface area contributed by atoms with Gasteiger partial charge in [-0.05, 0) is 42.0 Å². The van der Waals surface area contributed by atoms with Gasteiger partial charge in [0.2, 0.25) is 0 Å². The molecule has 0 aliphatic carbocycles. The molecule has 1 aliphatic rings. The minimum Gasteiger partial charge on any atom is -0.457 e. The molecule has 1 aliphatic heterocycles. The SMILES string of the molecule is O=C(Nc1ccccc1)c1ccc(-c2ccc(C=C3SC(=S)N(Cc4ccccc4)C3=O)o2)cc1. The quantitative estimate of drug-likeness (QED) is 0.241. The van der Waals surface area contributed by atoms with E-state index in [0.717, 1.165) is 16.8 Å². The van der Waals surface area contributed by atoms with Crippen molar-refractivity contribution in [3.8, 4) is 11.3 Å². The van der Waals surface area contributed by atoms with E-state index in [1.807, 2.05) is 84.9 Å². The van der Waals surface area contributed by atoms with Crippen LogP contribution in [0.15, 0.2) is 106 Å². The fourth-order valence-corrected chi connectivity index (χ4v) is 4.86. The maximum atomic E-state index is 12.9. The van der Waals surface area contributed by atoms with Gasteiger partial charge in [-0.15, -0.1) is 0 Å². The molecule has 172 valence electrons. The summed E-state index contributed by atoms with van der Waals surface area (Å²) in [7, 11) is 0. The highest BCUT2D eigenvalue weighted by Crippen LogP contribution is 2.34. The van der Waals surface area contributed by atoms with Crippen LogP contribution in [0, 0.1) is 0 Å². The lowest BCUT2D eigenvalue weighted by Crippen LogP contribution is -2.27. The van der Waals surface area contributed by atoms with E-state index in [4.69, 9.17) is 16.6 Å². The smallest absolute Gasteiger partial charge is 0.266 e. The summed E-state index contributed by atoms with van der Waals surface area (Å²) in [6.45, 7) is 0.441. The lowest BCUT2D eigenvalue weighted by atomic mass is 10.1. The van der Waals surface area contributed by atoms with Gasteiger partial charge < -0.3 is 9.73 Å². The van der Waals surface area contributed by atoms with Crippen molar-refractivity contribution in [2.45, 2.75) is 6.54 Å². The van der Waals surface area contributed by atoms with Crippen LogP contribution in [0.1, 0.15) is 21.7 Å².